The van der Waals surface area contributed by atoms with Gasteiger partial charge in [0.25, 0.3) is 0 Å². The van der Waals surface area contributed by atoms with E-state index in [0.29, 0.717) is 0 Å². The molecule has 1 aromatic rings. The van der Waals surface area contributed by atoms with E-state index in [0.717, 1.165) is 22.7 Å². The van der Waals surface area contributed by atoms with Gasteiger partial charge in [-0.05, 0) is 31.0 Å². The molecule has 1 rings (SSSR count). The van der Waals surface area contributed by atoms with Crippen LogP contribution < -0.4 is 0 Å². The number of halogens is 1. The maximum Gasteiger partial charge on any atom is 0.130 e. The lowest BCUT2D eigenvalue weighted by Gasteiger charge is -2.21. The van der Waals surface area contributed by atoms with Gasteiger partial charge in [0, 0.05) is 9.89 Å². The molecule has 0 aliphatic carbocycles. The lowest BCUT2D eigenvalue weighted by atomic mass is 9.82. The summed E-state index contributed by atoms with van der Waals surface area (Å²) < 4.78 is 1.02. The molecule has 70 valence electrons. The molecule has 0 bridgehead atoms. The summed E-state index contributed by atoms with van der Waals surface area (Å²) in [6.07, 6.45) is 1.85. The largest absolute Gasteiger partial charge is 0.302 e. The predicted molar refractivity (Wildman–Crippen MR) is 57.8 cm³/mol. The van der Waals surface area contributed by atoms with E-state index in [-0.39, 0.29) is 5.41 Å². The van der Waals surface area contributed by atoms with Gasteiger partial charge in [-0.25, -0.2) is 0 Å². The first kappa shape index (κ1) is 10.5. The second-order valence-electron chi connectivity index (χ2n) is 3.40. The molecule has 0 spiro atoms. The fraction of sp³-hybridized carbons (Fsp3) is 0.364. The van der Waals surface area contributed by atoms with Gasteiger partial charge in [0.05, 0.1) is 0 Å². The van der Waals surface area contributed by atoms with Crippen LogP contribution in [0.25, 0.3) is 0 Å². The third kappa shape index (κ3) is 2.19. The van der Waals surface area contributed by atoms with Crippen molar-refractivity contribution < 1.29 is 4.79 Å². The Kier molecular flexibility index (Phi) is 3.26. The molecule has 0 aromatic heterocycles. The molecule has 1 unspecified atom stereocenters. The van der Waals surface area contributed by atoms with Crippen LogP contribution >= 0.6 is 15.9 Å². The highest BCUT2D eigenvalue weighted by Gasteiger charge is 2.23. The molecule has 0 saturated carbocycles. The number of hydrogen-bond acceptors (Lipinski definition) is 1. The van der Waals surface area contributed by atoms with Crippen LogP contribution in [0, 0.1) is 0 Å². The van der Waals surface area contributed by atoms with E-state index in [2.05, 4.69) is 15.9 Å². The second kappa shape index (κ2) is 4.05. The SMILES string of the molecule is CCC(C)(C=O)c1cccc(Br)c1. The Balaban J connectivity index is 3.12. The number of hydrogen-bond donors (Lipinski definition) is 0. The smallest absolute Gasteiger partial charge is 0.130 e. The summed E-state index contributed by atoms with van der Waals surface area (Å²) in [5.74, 6) is 0. The van der Waals surface area contributed by atoms with E-state index in [9.17, 15) is 4.79 Å². The third-order valence-corrected chi connectivity index (χ3v) is 2.97. The highest BCUT2D eigenvalue weighted by Crippen LogP contribution is 2.26. The highest BCUT2D eigenvalue weighted by atomic mass is 79.9. The fourth-order valence-electron chi connectivity index (χ4n) is 1.20. The van der Waals surface area contributed by atoms with Crippen LogP contribution in [0.5, 0.6) is 0 Å². The van der Waals surface area contributed by atoms with E-state index >= 15 is 0 Å². The number of carbonyl (C=O) groups excluding carboxylic acids is 1. The Labute approximate surface area is 87.3 Å². The number of benzene rings is 1. The van der Waals surface area contributed by atoms with Crippen molar-refractivity contribution in [1.29, 1.82) is 0 Å². The van der Waals surface area contributed by atoms with Gasteiger partial charge >= 0.3 is 0 Å². The minimum absolute atomic E-state index is 0.343. The molecule has 0 fully saturated rings. The maximum absolute atomic E-state index is 11.0. The first-order valence-corrected chi connectivity index (χ1v) is 5.14. The molecule has 0 aliphatic rings. The first-order valence-electron chi connectivity index (χ1n) is 4.35. The van der Waals surface area contributed by atoms with Gasteiger partial charge in [-0.15, -0.1) is 0 Å². The first-order chi connectivity index (χ1) is 6.12. The topological polar surface area (TPSA) is 17.1 Å². The lowest BCUT2D eigenvalue weighted by Crippen LogP contribution is -2.22. The Morgan fingerprint density at radius 1 is 1.54 bits per heavy atom. The predicted octanol–water partition coefficient (Wildman–Crippen LogP) is 3.32. The van der Waals surface area contributed by atoms with Crippen LogP contribution in [0.3, 0.4) is 0 Å². The lowest BCUT2D eigenvalue weighted by molar-refractivity contribution is -0.112. The summed E-state index contributed by atoms with van der Waals surface area (Å²) in [4.78, 5) is 11.0. The zero-order valence-corrected chi connectivity index (χ0v) is 9.47. The molecule has 13 heavy (non-hydrogen) atoms. The van der Waals surface area contributed by atoms with Crippen molar-refractivity contribution in [3.05, 3.63) is 34.3 Å². The van der Waals surface area contributed by atoms with Gasteiger partial charge in [0.15, 0.2) is 0 Å². The van der Waals surface area contributed by atoms with Crippen LogP contribution in [0.2, 0.25) is 0 Å². The number of carbonyl (C=O) groups is 1. The molecular formula is C11H13BrO. The normalized spacial score (nSPS) is 15.0. The summed E-state index contributed by atoms with van der Waals surface area (Å²) >= 11 is 3.40. The standard InChI is InChI=1S/C11H13BrO/c1-3-11(2,8-13)9-5-4-6-10(12)7-9/h4-8H,3H2,1-2H3. The maximum atomic E-state index is 11.0. The van der Waals surface area contributed by atoms with Crippen LogP contribution in [-0.4, -0.2) is 6.29 Å². The van der Waals surface area contributed by atoms with Crippen molar-refractivity contribution in [2.24, 2.45) is 0 Å². The molecule has 0 amide bonds. The molecular weight excluding hydrogens is 228 g/mol. The molecule has 1 nitrogen and oxygen atoms in total. The van der Waals surface area contributed by atoms with Crippen LogP contribution in [0.15, 0.2) is 28.7 Å². The van der Waals surface area contributed by atoms with Crippen molar-refractivity contribution in [2.75, 3.05) is 0 Å². The summed E-state index contributed by atoms with van der Waals surface area (Å²) in [7, 11) is 0. The van der Waals surface area contributed by atoms with Crippen molar-refractivity contribution in [2.45, 2.75) is 25.7 Å². The molecule has 0 N–H and O–H groups in total. The zero-order chi connectivity index (χ0) is 9.90. The van der Waals surface area contributed by atoms with Crippen molar-refractivity contribution in [3.8, 4) is 0 Å². The van der Waals surface area contributed by atoms with Crippen LogP contribution in [0.4, 0.5) is 0 Å². The van der Waals surface area contributed by atoms with E-state index < -0.39 is 0 Å². The van der Waals surface area contributed by atoms with Gasteiger partial charge in [-0.2, -0.15) is 0 Å². The van der Waals surface area contributed by atoms with E-state index in [1.807, 2.05) is 38.1 Å². The van der Waals surface area contributed by atoms with Gasteiger partial charge < -0.3 is 4.79 Å². The van der Waals surface area contributed by atoms with Crippen molar-refractivity contribution in [3.63, 3.8) is 0 Å². The zero-order valence-electron chi connectivity index (χ0n) is 7.88. The second-order valence-corrected chi connectivity index (χ2v) is 4.31. The van der Waals surface area contributed by atoms with Crippen molar-refractivity contribution in [1.82, 2.24) is 0 Å². The minimum atomic E-state index is -0.343. The number of aldehydes is 1. The summed E-state index contributed by atoms with van der Waals surface area (Å²) in [6, 6.07) is 7.90. The van der Waals surface area contributed by atoms with Crippen LogP contribution in [-0.2, 0) is 10.2 Å². The molecule has 0 saturated heterocycles. The number of rotatable bonds is 3. The summed E-state index contributed by atoms with van der Waals surface area (Å²) in [5.41, 5.74) is 0.725. The van der Waals surface area contributed by atoms with Gasteiger partial charge in [-0.1, -0.05) is 35.0 Å². The Morgan fingerprint density at radius 2 is 2.23 bits per heavy atom. The Morgan fingerprint density at radius 3 is 2.69 bits per heavy atom. The molecule has 1 atom stereocenters. The molecule has 0 aliphatic heterocycles. The van der Waals surface area contributed by atoms with Gasteiger partial charge in [0.2, 0.25) is 0 Å². The highest BCUT2D eigenvalue weighted by molar-refractivity contribution is 9.10. The molecule has 2 heteroatoms. The van der Waals surface area contributed by atoms with E-state index in [4.69, 9.17) is 0 Å². The molecule has 1 aromatic carbocycles. The van der Waals surface area contributed by atoms with Gasteiger partial charge in [0.1, 0.15) is 6.29 Å². The Hall–Kier alpha value is -0.630. The minimum Gasteiger partial charge on any atom is -0.302 e. The summed E-state index contributed by atoms with van der Waals surface area (Å²) in [6.45, 7) is 3.98. The third-order valence-electron chi connectivity index (χ3n) is 2.48. The van der Waals surface area contributed by atoms with E-state index in [1.54, 1.807) is 0 Å². The average molecular weight is 241 g/mol. The monoisotopic (exact) mass is 240 g/mol. The van der Waals surface area contributed by atoms with Gasteiger partial charge in [-0.3, -0.25) is 0 Å². The fourth-order valence-corrected chi connectivity index (χ4v) is 1.60. The van der Waals surface area contributed by atoms with E-state index in [1.165, 1.54) is 0 Å². The average Bonchev–Trinajstić information content (AvgIpc) is 2.17. The molecule has 0 heterocycles. The Bertz CT molecular complexity index is 309. The van der Waals surface area contributed by atoms with Crippen molar-refractivity contribution >= 4 is 22.2 Å². The van der Waals surface area contributed by atoms with Crippen LogP contribution in [0.1, 0.15) is 25.8 Å². The quantitative estimate of drug-likeness (QED) is 0.742. The summed E-state index contributed by atoms with van der Waals surface area (Å²) in [5, 5.41) is 0. The molecule has 0 radical (unpaired) electrons.